The molecule has 1 heterocycles. The highest BCUT2D eigenvalue weighted by atomic mass is 16.6. The van der Waals surface area contributed by atoms with Gasteiger partial charge >= 0.3 is 12.1 Å². The average Bonchev–Trinajstić information content (AvgIpc) is 3.04. The van der Waals surface area contributed by atoms with E-state index in [0.29, 0.717) is 19.6 Å². The molecule has 2 aromatic rings. The van der Waals surface area contributed by atoms with Gasteiger partial charge in [-0.1, -0.05) is 48.5 Å². The lowest BCUT2D eigenvalue weighted by molar-refractivity contribution is -0.137. The van der Waals surface area contributed by atoms with Gasteiger partial charge in [0.1, 0.15) is 6.61 Å². The van der Waals surface area contributed by atoms with Crippen molar-refractivity contribution in [2.45, 2.75) is 44.1 Å². The standard InChI is InChI=1S/C23H25NO4/c25-22(26)13-12-16-7-5-6-14-24(16)23(27)28-15-21-19-10-3-1-8-17(19)18-9-2-4-11-20(18)21/h1-4,8-11,16,21H,5-7,12-15H2,(H,25,26)/t16-/m1/s1. The first-order valence-electron chi connectivity index (χ1n) is 9.98. The summed E-state index contributed by atoms with van der Waals surface area (Å²) < 4.78 is 5.76. The highest BCUT2D eigenvalue weighted by Crippen LogP contribution is 2.44. The average molecular weight is 379 g/mol. The maximum atomic E-state index is 12.8. The largest absolute Gasteiger partial charge is 0.481 e. The minimum absolute atomic E-state index is 0.0404. The first-order chi connectivity index (χ1) is 13.6. The van der Waals surface area contributed by atoms with Crippen LogP contribution >= 0.6 is 0 Å². The summed E-state index contributed by atoms with van der Waals surface area (Å²) in [5, 5.41) is 8.97. The topological polar surface area (TPSA) is 66.8 Å². The van der Waals surface area contributed by atoms with E-state index < -0.39 is 5.97 Å². The van der Waals surface area contributed by atoms with Crippen molar-refractivity contribution in [2.75, 3.05) is 13.2 Å². The molecule has 5 heteroatoms. The third-order valence-corrected chi connectivity index (χ3v) is 5.89. The summed E-state index contributed by atoms with van der Waals surface area (Å²) in [6, 6.07) is 16.5. The number of aliphatic carboxylic acids is 1. The van der Waals surface area contributed by atoms with Crippen LogP contribution in [0.15, 0.2) is 48.5 Å². The molecule has 0 radical (unpaired) electrons. The highest BCUT2D eigenvalue weighted by Gasteiger charge is 2.32. The van der Waals surface area contributed by atoms with Crippen molar-refractivity contribution < 1.29 is 19.4 Å². The number of hydrogen-bond donors (Lipinski definition) is 1. The molecule has 5 nitrogen and oxygen atoms in total. The Bertz CT molecular complexity index is 833. The maximum Gasteiger partial charge on any atom is 0.410 e. The van der Waals surface area contributed by atoms with Crippen LogP contribution in [-0.4, -0.2) is 41.3 Å². The van der Waals surface area contributed by atoms with Gasteiger partial charge in [0.15, 0.2) is 0 Å². The third kappa shape index (κ3) is 3.61. The number of carbonyl (C=O) groups excluding carboxylic acids is 1. The van der Waals surface area contributed by atoms with Crippen LogP contribution in [0.2, 0.25) is 0 Å². The number of piperidine rings is 1. The Morgan fingerprint density at radius 1 is 1.00 bits per heavy atom. The monoisotopic (exact) mass is 379 g/mol. The van der Waals surface area contributed by atoms with Gasteiger partial charge < -0.3 is 14.7 Å². The number of carboxylic acid groups (broad SMARTS) is 1. The highest BCUT2D eigenvalue weighted by molar-refractivity contribution is 5.79. The first kappa shape index (κ1) is 18.5. The number of carbonyl (C=O) groups is 2. The van der Waals surface area contributed by atoms with E-state index in [0.717, 1.165) is 19.3 Å². The van der Waals surface area contributed by atoms with Crippen molar-refractivity contribution in [1.29, 1.82) is 0 Å². The molecule has 146 valence electrons. The van der Waals surface area contributed by atoms with Crippen molar-refractivity contribution >= 4 is 12.1 Å². The van der Waals surface area contributed by atoms with Gasteiger partial charge in [-0.15, -0.1) is 0 Å². The van der Waals surface area contributed by atoms with E-state index in [4.69, 9.17) is 9.84 Å². The van der Waals surface area contributed by atoms with Crippen LogP contribution in [-0.2, 0) is 9.53 Å². The Morgan fingerprint density at radius 2 is 1.64 bits per heavy atom. The Kier molecular flexibility index (Phi) is 5.33. The Labute approximate surface area is 164 Å². The zero-order chi connectivity index (χ0) is 19.5. The quantitative estimate of drug-likeness (QED) is 0.821. The van der Waals surface area contributed by atoms with Crippen LogP contribution in [0, 0.1) is 0 Å². The minimum atomic E-state index is -0.821. The van der Waals surface area contributed by atoms with Gasteiger partial charge in [0.25, 0.3) is 0 Å². The number of amides is 1. The normalized spacial score (nSPS) is 18.4. The second-order valence-corrected chi connectivity index (χ2v) is 7.58. The van der Waals surface area contributed by atoms with Crippen molar-refractivity contribution in [3.63, 3.8) is 0 Å². The van der Waals surface area contributed by atoms with Gasteiger partial charge in [-0.25, -0.2) is 4.79 Å². The SMILES string of the molecule is O=C(O)CC[C@H]1CCCCN1C(=O)OCC1c2ccccc2-c2ccccc21. The van der Waals surface area contributed by atoms with E-state index >= 15 is 0 Å². The predicted molar refractivity (Wildman–Crippen MR) is 106 cm³/mol. The first-order valence-corrected chi connectivity index (χ1v) is 9.98. The third-order valence-electron chi connectivity index (χ3n) is 5.89. The zero-order valence-electron chi connectivity index (χ0n) is 15.8. The molecule has 2 aromatic carbocycles. The fraction of sp³-hybridized carbons (Fsp3) is 0.391. The molecule has 1 amide bonds. The molecule has 1 fully saturated rings. The predicted octanol–water partition coefficient (Wildman–Crippen LogP) is 4.65. The summed E-state index contributed by atoms with van der Waals surface area (Å²) in [5.74, 6) is -0.781. The molecule has 1 aliphatic heterocycles. The zero-order valence-corrected chi connectivity index (χ0v) is 15.8. The molecule has 0 aromatic heterocycles. The van der Waals surface area contributed by atoms with E-state index in [1.165, 1.54) is 22.3 Å². The fourth-order valence-electron chi connectivity index (χ4n) is 4.51. The summed E-state index contributed by atoms with van der Waals surface area (Å²) in [4.78, 5) is 25.4. The molecular weight excluding hydrogens is 354 g/mol. The van der Waals surface area contributed by atoms with Crippen molar-refractivity contribution in [2.24, 2.45) is 0 Å². The van der Waals surface area contributed by atoms with E-state index in [-0.39, 0.29) is 24.5 Å². The molecule has 1 atom stereocenters. The van der Waals surface area contributed by atoms with Crippen molar-refractivity contribution in [1.82, 2.24) is 4.90 Å². The summed E-state index contributed by atoms with van der Waals surface area (Å²) in [5.41, 5.74) is 4.79. The Morgan fingerprint density at radius 3 is 2.29 bits per heavy atom. The molecular formula is C23H25NO4. The molecule has 0 spiro atoms. The molecule has 1 aliphatic carbocycles. The van der Waals surface area contributed by atoms with Crippen LogP contribution < -0.4 is 0 Å². The smallest absolute Gasteiger partial charge is 0.410 e. The molecule has 0 unspecified atom stereocenters. The van der Waals surface area contributed by atoms with E-state index in [2.05, 4.69) is 24.3 Å². The van der Waals surface area contributed by atoms with Gasteiger partial charge in [0.2, 0.25) is 0 Å². The van der Waals surface area contributed by atoms with Crippen molar-refractivity contribution in [3.8, 4) is 11.1 Å². The molecule has 1 N–H and O–H groups in total. The number of fused-ring (bicyclic) bond motifs is 3. The number of ether oxygens (including phenoxy) is 1. The molecule has 0 saturated carbocycles. The Balaban J connectivity index is 1.46. The number of rotatable bonds is 5. The van der Waals surface area contributed by atoms with Gasteiger partial charge in [-0.3, -0.25) is 4.79 Å². The van der Waals surface area contributed by atoms with Crippen LogP contribution in [0.5, 0.6) is 0 Å². The lowest BCUT2D eigenvalue weighted by Gasteiger charge is -2.35. The van der Waals surface area contributed by atoms with Crippen LogP contribution in [0.1, 0.15) is 49.1 Å². The molecule has 4 rings (SSSR count). The van der Waals surface area contributed by atoms with Crippen LogP contribution in [0.25, 0.3) is 11.1 Å². The van der Waals surface area contributed by atoms with Gasteiger partial charge in [-0.2, -0.15) is 0 Å². The molecule has 28 heavy (non-hydrogen) atoms. The van der Waals surface area contributed by atoms with Gasteiger partial charge in [-0.05, 0) is 47.9 Å². The maximum absolute atomic E-state index is 12.8. The van der Waals surface area contributed by atoms with Gasteiger partial charge in [0, 0.05) is 24.9 Å². The van der Waals surface area contributed by atoms with E-state index in [1.807, 2.05) is 24.3 Å². The molecule has 0 bridgehead atoms. The second kappa shape index (κ2) is 8.05. The molecule has 1 saturated heterocycles. The van der Waals surface area contributed by atoms with E-state index in [9.17, 15) is 9.59 Å². The molecule has 2 aliphatic rings. The van der Waals surface area contributed by atoms with Crippen molar-refractivity contribution in [3.05, 3.63) is 59.7 Å². The van der Waals surface area contributed by atoms with Crippen LogP contribution in [0.3, 0.4) is 0 Å². The lowest BCUT2D eigenvalue weighted by atomic mass is 9.98. The van der Waals surface area contributed by atoms with Crippen LogP contribution in [0.4, 0.5) is 4.79 Å². The summed E-state index contributed by atoms with van der Waals surface area (Å²) in [6.07, 6.45) is 3.05. The number of benzene rings is 2. The van der Waals surface area contributed by atoms with E-state index in [1.54, 1.807) is 4.90 Å². The van der Waals surface area contributed by atoms with Gasteiger partial charge in [0.05, 0.1) is 0 Å². The lowest BCUT2D eigenvalue weighted by Crippen LogP contribution is -2.44. The summed E-state index contributed by atoms with van der Waals surface area (Å²) in [6.45, 7) is 0.940. The summed E-state index contributed by atoms with van der Waals surface area (Å²) >= 11 is 0. The summed E-state index contributed by atoms with van der Waals surface area (Å²) in [7, 11) is 0. The number of hydrogen-bond acceptors (Lipinski definition) is 3. The minimum Gasteiger partial charge on any atom is -0.481 e. The number of carboxylic acids is 1. The number of likely N-dealkylation sites (tertiary alicyclic amines) is 1. The number of nitrogens with zero attached hydrogens (tertiary/aromatic N) is 1. The Hall–Kier alpha value is -2.82. The fourth-order valence-corrected chi connectivity index (χ4v) is 4.51. The second-order valence-electron chi connectivity index (χ2n) is 7.58.